The molecule has 6 heteroatoms. The van der Waals surface area contributed by atoms with E-state index >= 15 is 0 Å². The van der Waals surface area contributed by atoms with Crippen LogP contribution in [0.25, 0.3) is 0 Å². The molecule has 0 aliphatic rings. The van der Waals surface area contributed by atoms with E-state index in [9.17, 15) is 9.90 Å². The molecular formula is C29H34O6. The zero-order valence-corrected chi connectivity index (χ0v) is 20.6. The lowest BCUT2D eigenvalue weighted by Gasteiger charge is -2.25. The van der Waals surface area contributed by atoms with Gasteiger partial charge < -0.3 is 24.4 Å². The Bertz CT molecular complexity index is 1050. The van der Waals surface area contributed by atoms with Crippen molar-refractivity contribution in [3.63, 3.8) is 0 Å². The molecule has 0 fully saturated rings. The molecule has 0 amide bonds. The lowest BCUT2D eigenvalue weighted by molar-refractivity contribution is -0.136. The first-order chi connectivity index (χ1) is 16.9. The predicted octanol–water partition coefficient (Wildman–Crippen LogP) is 5.25. The molecule has 0 unspecified atom stereocenters. The molecule has 0 aromatic heterocycles. The van der Waals surface area contributed by atoms with Crippen molar-refractivity contribution < 1.29 is 29.2 Å². The summed E-state index contributed by atoms with van der Waals surface area (Å²) in [5.74, 6) is 0.575. The molecular weight excluding hydrogens is 444 g/mol. The van der Waals surface area contributed by atoms with E-state index in [-0.39, 0.29) is 12.3 Å². The van der Waals surface area contributed by atoms with E-state index in [1.165, 1.54) is 5.56 Å². The second-order valence-corrected chi connectivity index (χ2v) is 8.63. The van der Waals surface area contributed by atoms with Crippen LogP contribution in [-0.4, -0.2) is 37.5 Å². The third-order valence-corrected chi connectivity index (χ3v) is 6.23. The molecule has 0 radical (unpaired) electrons. The Morgan fingerprint density at radius 2 is 1.43 bits per heavy atom. The lowest BCUT2D eigenvalue weighted by atomic mass is 9.85. The first-order valence-electron chi connectivity index (χ1n) is 11.8. The monoisotopic (exact) mass is 478 g/mol. The summed E-state index contributed by atoms with van der Waals surface area (Å²) in [7, 11) is 4.67. The molecule has 6 nitrogen and oxygen atoms in total. The zero-order valence-electron chi connectivity index (χ0n) is 20.6. The number of carboxylic acid groups (broad SMARTS) is 1. The molecule has 0 aliphatic carbocycles. The van der Waals surface area contributed by atoms with Gasteiger partial charge in [0.15, 0.2) is 11.5 Å². The van der Waals surface area contributed by atoms with Crippen molar-refractivity contribution in [3.8, 4) is 17.2 Å². The van der Waals surface area contributed by atoms with Gasteiger partial charge >= 0.3 is 5.97 Å². The minimum Gasteiger partial charge on any atom is -0.493 e. The van der Waals surface area contributed by atoms with E-state index in [4.69, 9.17) is 19.3 Å². The van der Waals surface area contributed by atoms with Crippen molar-refractivity contribution in [3.05, 3.63) is 89.0 Å². The van der Waals surface area contributed by atoms with Gasteiger partial charge in [-0.25, -0.2) is 0 Å². The highest BCUT2D eigenvalue weighted by atomic mass is 16.5. The topological polar surface area (TPSA) is 85.2 Å². The number of hydrogen-bond donors (Lipinski definition) is 2. The summed E-state index contributed by atoms with van der Waals surface area (Å²) in [5, 5.41) is 20.5. The van der Waals surface area contributed by atoms with Gasteiger partial charge in [-0.15, -0.1) is 0 Å². The Hall–Kier alpha value is -3.51. The second kappa shape index (κ2) is 12.8. The summed E-state index contributed by atoms with van der Waals surface area (Å²) in [6.45, 7) is 0. The van der Waals surface area contributed by atoms with Crippen molar-refractivity contribution in [2.45, 2.75) is 38.2 Å². The smallest absolute Gasteiger partial charge is 0.307 e. The Kier molecular flexibility index (Phi) is 9.56. The molecule has 0 spiro atoms. The van der Waals surface area contributed by atoms with Gasteiger partial charge in [0.2, 0.25) is 5.75 Å². The maximum absolute atomic E-state index is 11.5. The minimum absolute atomic E-state index is 0.00511. The molecule has 0 aliphatic heterocycles. The first kappa shape index (κ1) is 26.1. The molecule has 3 aromatic rings. The van der Waals surface area contributed by atoms with Crippen molar-refractivity contribution in [2.75, 3.05) is 21.3 Å². The fourth-order valence-electron chi connectivity index (χ4n) is 4.40. The van der Waals surface area contributed by atoms with Gasteiger partial charge in [-0.05, 0) is 66.0 Å². The van der Waals surface area contributed by atoms with Gasteiger partial charge in [0, 0.05) is 0 Å². The Morgan fingerprint density at radius 3 is 1.97 bits per heavy atom. The van der Waals surface area contributed by atoms with Crippen molar-refractivity contribution in [1.82, 2.24) is 0 Å². The van der Waals surface area contributed by atoms with E-state index in [2.05, 4.69) is 12.1 Å². The highest BCUT2D eigenvalue weighted by molar-refractivity contribution is 5.70. The molecule has 35 heavy (non-hydrogen) atoms. The van der Waals surface area contributed by atoms with Gasteiger partial charge in [0.25, 0.3) is 0 Å². The summed E-state index contributed by atoms with van der Waals surface area (Å²) >= 11 is 0. The van der Waals surface area contributed by atoms with Crippen LogP contribution in [-0.2, 0) is 24.1 Å². The molecule has 2 atom stereocenters. The summed E-state index contributed by atoms with van der Waals surface area (Å²) in [5.41, 5.74) is 3.78. The Labute approximate surface area is 207 Å². The maximum atomic E-state index is 11.5. The number of aliphatic carboxylic acids is 1. The van der Waals surface area contributed by atoms with Gasteiger partial charge in [-0.3, -0.25) is 4.79 Å². The van der Waals surface area contributed by atoms with Crippen molar-refractivity contribution in [2.24, 2.45) is 5.92 Å². The number of ether oxygens (including phenoxy) is 3. The van der Waals surface area contributed by atoms with Crippen LogP contribution < -0.4 is 14.2 Å². The summed E-state index contributed by atoms with van der Waals surface area (Å²) in [4.78, 5) is 11.0. The maximum Gasteiger partial charge on any atom is 0.307 e. The molecule has 3 aromatic carbocycles. The first-order valence-corrected chi connectivity index (χ1v) is 11.8. The van der Waals surface area contributed by atoms with E-state index in [1.54, 1.807) is 33.5 Å². The molecule has 0 bridgehead atoms. The third-order valence-electron chi connectivity index (χ3n) is 6.23. The van der Waals surface area contributed by atoms with Crippen LogP contribution in [0, 0.1) is 5.92 Å². The summed E-state index contributed by atoms with van der Waals surface area (Å²) in [6.07, 6.45) is 2.56. The number of aliphatic hydroxyl groups excluding tert-OH is 1. The number of methoxy groups -OCH3 is 3. The van der Waals surface area contributed by atoms with Crippen LogP contribution in [0.5, 0.6) is 17.2 Å². The molecule has 2 N–H and O–H groups in total. The van der Waals surface area contributed by atoms with E-state index in [0.717, 1.165) is 30.4 Å². The van der Waals surface area contributed by atoms with Crippen LogP contribution >= 0.6 is 0 Å². The minimum atomic E-state index is -0.852. The average Bonchev–Trinajstić information content (AvgIpc) is 2.88. The quantitative estimate of drug-likeness (QED) is 0.349. The van der Waals surface area contributed by atoms with Crippen LogP contribution in [0.1, 0.15) is 41.2 Å². The lowest BCUT2D eigenvalue weighted by Crippen LogP contribution is -2.16. The average molecular weight is 479 g/mol. The molecule has 0 saturated heterocycles. The van der Waals surface area contributed by atoms with Crippen LogP contribution in [0.15, 0.2) is 66.7 Å². The Morgan fingerprint density at radius 1 is 0.829 bits per heavy atom. The number of carbonyl (C=O) groups is 1. The van der Waals surface area contributed by atoms with Crippen LogP contribution in [0.3, 0.4) is 0 Å². The number of rotatable bonds is 13. The number of carboxylic acids is 1. The number of hydrogen-bond acceptors (Lipinski definition) is 5. The van der Waals surface area contributed by atoms with Gasteiger partial charge in [-0.1, -0.05) is 54.6 Å². The number of aryl methyl sites for hydroxylation is 1. The predicted molar refractivity (Wildman–Crippen MR) is 135 cm³/mol. The van der Waals surface area contributed by atoms with E-state index in [0.29, 0.717) is 29.2 Å². The van der Waals surface area contributed by atoms with Gasteiger partial charge in [0.1, 0.15) is 0 Å². The number of aliphatic hydroxyl groups is 1. The summed E-state index contributed by atoms with van der Waals surface area (Å²) < 4.78 is 16.4. The molecule has 0 saturated carbocycles. The van der Waals surface area contributed by atoms with Crippen LogP contribution in [0.4, 0.5) is 0 Å². The van der Waals surface area contributed by atoms with E-state index < -0.39 is 12.1 Å². The molecule has 186 valence electrons. The van der Waals surface area contributed by atoms with E-state index in [1.807, 2.05) is 42.5 Å². The SMILES string of the molecule is COc1cc([C@@H](O)[C@@H](CCCc2ccccc2)Cc2ccc(CC(=O)O)cc2)cc(OC)c1OC. The number of benzene rings is 3. The zero-order chi connectivity index (χ0) is 25.2. The Balaban J connectivity index is 1.84. The third kappa shape index (κ3) is 7.23. The van der Waals surface area contributed by atoms with Crippen molar-refractivity contribution >= 4 is 5.97 Å². The highest BCUT2D eigenvalue weighted by Gasteiger charge is 2.25. The van der Waals surface area contributed by atoms with Crippen LogP contribution in [0.2, 0.25) is 0 Å². The van der Waals surface area contributed by atoms with Crippen molar-refractivity contribution in [1.29, 1.82) is 0 Å². The fourth-order valence-corrected chi connectivity index (χ4v) is 4.40. The second-order valence-electron chi connectivity index (χ2n) is 8.63. The molecule has 3 rings (SSSR count). The fraction of sp³-hybridized carbons (Fsp3) is 0.345. The highest BCUT2D eigenvalue weighted by Crippen LogP contribution is 2.41. The molecule has 0 heterocycles. The largest absolute Gasteiger partial charge is 0.493 e. The van der Waals surface area contributed by atoms with Gasteiger partial charge in [0.05, 0.1) is 33.9 Å². The van der Waals surface area contributed by atoms with Gasteiger partial charge in [-0.2, -0.15) is 0 Å². The summed E-state index contributed by atoms with van der Waals surface area (Å²) in [6, 6.07) is 21.5. The standard InChI is InChI=1S/C29H34O6/c1-33-25-18-24(19-26(34-2)29(25)35-3)28(32)23(11-7-10-20-8-5-4-6-9-20)16-21-12-14-22(15-13-21)17-27(30)31/h4-6,8-9,12-15,18-19,23,28,32H,7,10-11,16-17H2,1-3H3,(H,30,31)/t23-,28-/m0/s1. The normalized spacial score (nSPS) is 12.6.